The van der Waals surface area contributed by atoms with Gasteiger partial charge in [0.05, 0.1) is 10.6 Å². The zero-order valence-electron chi connectivity index (χ0n) is 15.4. The number of carbonyl (C=O) groups excluding carboxylic acids is 1. The van der Waals surface area contributed by atoms with Crippen molar-refractivity contribution in [3.8, 4) is 11.1 Å². The number of nitrogens with zero attached hydrogens (tertiary/aromatic N) is 3. The van der Waals surface area contributed by atoms with Gasteiger partial charge in [0.15, 0.2) is 5.13 Å². The van der Waals surface area contributed by atoms with Crippen LogP contribution < -0.4 is 5.32 Å². The Bertz CT molecular complexity index is 1090. The minimum Gasteiger partial charge on any atom is -0.301 e. The second-order valence-corrected chi connectivity index (χ2v) is 9.39. The molecule has 1 N–H and O–H groups in total. The zero-order valence-corrected chi connectivity index (χ0v) is 17.8. The molecule has 1 atom stereocenters. The minimum atomic E-state index is -0.258. The van der Waals surface area contributed by atoms with E-state index in [1.165, 1.54) is 28.0 Å². The molecule has 3 aromatic heterocycles. The number of thiazole rings is 1. The lowest BCUT2D eigenvalue weighted by atomic mass is 10.0. The van der Waals surface area contributed by atoms with Crippen molar-refractivity contribution in [1.82, 2.24) is 15.0 Å². The first kappa shape index (κ1) is 19.0. The highest BCUT2D eigenvalue weighted by atomic mass is 32.2. The Morgan fingerprint density at radius 2 is 2.04 bits per heavy atom. The first-order chi connectivity index (χ1) is 13.7. The van der Waals surface area contributed by atoms with Crippen LogP contribution >= 0.6 is 34.4 Å². The van der Waals surface area contributed by atoms with Gasteiger partial charge in [0.25, 0.3) is 0 Å². The van der Waals surface area contributed by atoms with Crippen LogP contribution in [-0.2, 0) is 4.79 Å². The third-order valence-corrected chi connectivity index (χ3v) is 7.34. The molecule has 4 aromatic rings. The molecule has 1 unspecified atom stereocenters. The van der Waals surface area contributed by atoms with Gasteiger partial charge in [-0.15, -0.1) is 22.7 Å². The van der Waals surface area contributed by atoms with Crippen LogP contribution in [0.1, 0.15) is 18.2 Å². The van der Waals surface area contributed by atoms with Gasteiger partial charge in [0, 0.05) is 22.0 Å². The van der Waals surface area contributed by atoms with Gasteiger partial charge in [-0.1, -0.05) is 49.0 Å². The third-order valence-electron chi connectivity index (χ3n) is 4.27. The summed E-state index contributed by atoms with van der Waals surface area (Å²) in [6.45, 7) is 4.12. The molecule has 0 radical (unpaired) electrons. The van der Waals surface area contributed by atoms with Crippen molar-refractivity contribution in [2.75, 3.05) is 5.32 Å². The predicted molar refractivity (Wildman–Crippen MR) is 118 cm³/mol. The van der Waals surface area contributed by atoms with Gasteiger partial charge in [-0.2, -0.15) is 0 Å². The standard InChI is InChI=1S/C20H18N4OS3/c1-3-14(17(25)24-20-21-9-10-26-20)28-19-16-15(13-7-5-4-6-8-13)12(2)27-18(16)22-11-23-19/h4-11,14H,3H2,1-2H3,(H,21,24,25). The highest BCUT2D eigenvalue weighted by Crippen LogP contribution is 2.42. The molecular weight excluding hydrogens is 408 g/mol. The molecule has 1 amide bonds. The average molecular weight is 427 g/mol. The number of thiophene rings is 1. The van der Waals surface area contributed by atoms with Gasteiger partial charge in [-0.3, -0.25) is 4.79 Å². The first-order valence-electron chi connectivity index (χ1n) is 8.84. The van der Waals surface area contributed by atoms with Crippen molar-refractivity contribution < 1.29 is 4.79 Å². The summed E-state index contributed by atoms with van der Waals surface area (Å²) in [6, 6.07) is 10.3. The lowest BCUT2D eigenvalue weighted by Gasteiger charge is -2.14. The Labute approximate surface area is 175 Å². The molecule has 0 saturated heterocycles. The van der Waals surface area contributed by atoms with Gasteiger partial charge in [0.2, 0.25) is 5.91 Å². The highest BCUT2D eigenvalue weighted by Gasteiger charge is 2.23. The maximum absolute atomic E-state index is 12.7. The first-order valence-corrected chi connectivity index (χ1v) is 11.4. The lowest BCUT2D eigenvalue weighted by Crippen LogP contribution is -2.24. The van der Waals surface area contributed by atoms with Gasteiger partial charge < -0.3 is 5.32 Å². The summed E-state index contributed by atoms with van der Waals surface area (Å²) in [5, 5.41) is 6.98. The average Bonchev–Trinajstić information content (AvgIpc) is 3.33. The van der Waals surface area contributed by atoms with Crippen LogP contribution in [0.25, 0.3) is 21.3 Å². The molecule has 5 nitrogen and oxygen atoms in total. The number of fused-ring (bicyclic) bond motifs is 1. The Morgan fingerprint density at radius 1 is 1.21 bits per heavy atom. The molecule has 28 heavy (non-hydrogen) atoms. The minimum absolute atomic E-state index is 0.0533. The molecule has 142 valence electrons. The molecule has 8 heteroatoms. The van der Waals surface area contributed by atoms with E-state index in [0.717, 1.165) is 26.4 Å². The Kier molecular flexibility index (Phi) is 5.70. The lowest BCUT2D eigenvalue weighted by molar-refractivity contribution is -0.115. The maximum Gasteiger partial charge on any atom is 0.239 e. The Hall–Kier alpha value is -2.29. The second kappa shape index (κ2) is 8.38. The normalized spacial score (nSPS) is 12.2. The zero-order chi connectivity index (χ0) is 19.5. The summed E-state index contributed by atoms with van der Waals surface area (Å²) >= 11 is 4.57. The predicted octanol–water partition coefficient (Wildman–Crippen LogP) is 5.63. The van der Waals surface area contributed by atoms with E-state index in [1.54, 1.807) is 23.9 Å². The number of carbonyl (C=O) groups is 1. The quantitative estimate of drug-likeness (QED) is 0.319. The van der Waals surface area contributed by atoms with Gasteiger partial charge in [0.1, 0.15) is 16.2 Å². The summed E-state index contributed by atoms with van der Waals surface area (Å²) in [5.41, 5.74) is 2.29. The largest absolute Gasteiger partial charge is 0.301 e. The number of anilines is 1. The van der Waals surface area contributed by atoms with E-state index in [2.05, 4.69) is 39.3 Å². The van der Waals surface area contributed by atoms with E-state index in [9.17, 15) is 4.79 Å². The van der Waals surface area contributed by atoms with E-state index >= 15 is 0 Å². The molecule has 0 aliphatic rings. The summed E-state index contributed by atoms with van der Waals surface area (Å²) < 4.78 is 0. The topological polar surface area (TPSA) is 67.8 Å². The van der Waals surface area contributed by atoms with Crippen LogP contribution in [0.2, 0.25) is 0 Å². The van der Waals surface area contributed by atoms with E-state index < -0.39 is 0 Å². The molecular formula is C20H18N4OS3. The summed E-state index contributed by atoms with van der Waals surface area (Å²) in [7, 11) is 0. The third kappa shape index (κ3) is 3.80. The number of aryl methyl sites for hydroxylation is 1. The van der Waals surface area contributed by atoms with Crippen molar-refractivity contribution in [3.63, 3.8) is 0 Å². The van der Waals surface area contributed by atoms with Crippen molar-refractivity contribution in [2.24, 2.45) is 0 Å². The number of aromatic nitrogens is 3. The van der Waals surface area contributed by atoms with Gasteiger partial charge in [-0.25, -0.2) is 15.0 Å². The maximum atomic E-state index is 12.7. The summed E-state index contributed by atoms with van der Waals surface area (Å²) in [4.78, 5) is 28.0. The van der Waals surface area contributed by atoms with Crippen LogP contribution in [0.4, 0.5) is 5.13 Å². The fourth-order valence-corrected chi connectivity index (χ4v) is 5.62. The van der Waals surface area contributed by atoms with E-state index in [1.807, 2.05) is 30.5 Å². The molecule has 0 spiro atoms. The number of hydrogen-bond donors (Lipinski definition) is 1. The van der Waals surface area contributed by atoms with Crippen molar-refractivity contribution >= 4 is 55.7 Å². The molecule has 0 bridgehead atoms. The number of benzene rings is 1. The van der Waals surface area contributed by atoms with Crippen molar-refractivity contribution in [2.45, 2.75) is 30.5 Å². The number of thioether (sulfide) groups is 1. The monoisotopic (exact) mass is 426 g/mol. The fourth-order valence-electron chi connectivity index (χ4n) is 2.99. The second-order valence-electron chi connectivity index (χ2n) is 6.10. The molecule has 3 heterocycles. The van der Waals surface area contributed by atoms with Crippen LogP contribution in [0.5, 0.6) is 0 Å². The number of amides is 1. The van der Waals surface area contributed by atoms with Gasteiger partial charge in [-0.05, 0) is 18.9 Å². The van der Waals surface area contributed by atoms with E-state index in [-0.39, 0.29) is 11.2 Å². The molecule has 0 aliphatic carbocycles. The Morgan fingerprint density at radius 3 is 2.75 bits per heavy atom. The van der Waals surface area contributed by atoms with Crippen molar-refractivity contribution in [1.29, 1.82) is 0 Å². The van der Waals surface area contributed by atoms with Gasteiger partial charge >= 0.3 is 0 Å². The van der Waals surface area contributed by atoms with Crippen LogP contribution in [0, 0.1) is 6.92 Å². The number of rotatable bonds is 6. The van der Waals surface area contributed by atoms with E-state index in [4.69, 9.17) is 0 Å². The van der Waals surface area contributed by atoms with Crippen LogP contribution in [0.15, 0.2) is 53.3 Å². The molecule has 0 fully saturated rings. The SMILES string of the molecule is CCC(Sc1ncnc2sc(C)c(-c3ccccc3)c12)C(=O)Nc1nccs1. The van der Waals surface area contributed by atoms with Crippen molar-refractivity contribution in [3.05, 3.63) is 53.1 Å². The van der Waals surface area contributed by atoms with Crippen LogP contribution in [0.3, 0.4) is 0 Å². The van der Waals surface area contributed by atoms with Crippen LogP contribution in [-0.4, -0.2) is 26.1 Å². The van der Waals surface area contributed by atoms with E-state index in [0.29, 0.717) is 11.6 Å². The number of nitrogens with one attached hydrogen (secondary N) is 1. The highest BCUT2D eigenvalue weighted by molar-refractivity contribution is 8.00. The number of hydrogen-bond acceptors (Lipinski definition) is 7. The smallest absolute Gasteiger partial charge is 0.239 e. The molecule has 0 saturated carbocycles. The summed E-state index contributed by atoms with van der Waals surface area (Å²) in [5.74, 6) is -0.0533. The molecule has 4 rings (SSSR count). The summed E-state index contributed by atoms with van der Waals surface area (Å²) in [6.07, 6.45) is 3.96. The Balaban J connectivity index is 1.71. The molecule has 1 aromatic carbocycles. The molecule has 0 aliphatic heterocycles. The fraction of sp³-hybridized carbons (Fsp3) is 0.200.